The van der Waals surface area contributed by atoms with Crippen LogP contribution in [-0.4, -0.2) is 50.3 Å². The maximum Gasteiger partial charge on any atom is 0.212 e. The van der Waals surface area contributed by atoms with Crippen molar-refractivity contribution in [1.82, 2.24) is 10.2 Å². The maximum absolute atomic E-state index is 11.6. The van der Waals surface area contributed by atoms with Gasteiger partial charge in [-0.25, -0.2) is 13.6 Å². The molecule has 4 rings (SSSR count). The van der Waals surface area contributed by atoms with Gasteiger partial charge < -0.3 is 5.32 Å². The summed E-state index contributed by atoms with van der Waals surface area (Å²) in [4.78, 5) is 2.54. The summed E-state index contributed by atoms with van der Waals surface area (Å²) in [5.41, 5.74) is 0. The lowest BCUT2D eigenvalue weighted by Crippen LogP contribution is -2.63. The number of rotatable bonds is 2. The van der Waals surface area contributed by atoms with Crippen molar-refractivity contribution in [2.24, 2.45) is 11.1 Å². The monoisotopic (exact) mass is 259 g/mol. The summed E-state index contributed by atoms with van der Waals surface area (Å²) in [6.07, 6.45) is 4.06. The van der Waals surface area contributed by atoms with E-state index in [1.807, 2.05) is 0 Å². The van der Waals surface area contributed by atoms with Crippen LogP contribution in [0.4, 0.5) is 0 Å². The SMILES string of the molecule is NS(=O)(=O)C1CC2CCCC1CN2C1CNC1. The van der Waals surface area contributed by atoms with E-state index >= 15 is 0 Å². The molecule has 3 N–H and O–H groups in total. The highest BCUT2D eigenvalue weighted by atomic mass is 32.2. The third kappa shape index (κ3) is 2.12. The van der Waals surface area contributed by atoms with E-state index in [4.69, 9.17) is 5.14 Å². The molecule has 3 saturated heterocycles. The number of sulfonamides is 1. The normalized spacial score (nSPS) is 39.9. The molecule has 2 bridgehead atoms. The van der Waals surface area contributed by atoms with Crippen molar-refractivity contribution >= 4 is 10.0 Å². The van der Waals surface area contributed by atoms with E-state index < -0.39 is 10.0 Å². The Hall–Kier alpha value is -0.170. The first-order valence-corrected chi connectivity index (χ1v) is 8.15. The largest absolute Gasteiger partial charge is 0.314 e. The highest BCUT2D eigenvalue weighted by Crippen LogP contribution is 2.37. The van der Waals surface area contributed by atoms with Gasteiger partial charge in [0.1, 0.15) is 0 Å². The second-order valence-corrected chi connectivity index (χ2v) is 7.50. The molecule has 6 heteroatoms. The lowest BCUT2D eigenvalue weighted by molar-refractivity contribution is 0.0517. The summed E-state index contributed by atoms with van der Waals surface area (Å²) >= 11 is 0. The molecule has 4 aliphatic rings. The van der Waals surface area contributed by atoms with Gasteiger partial charge in [-0.1, -0.05) is 6.42 Å². The number of nitrogens with zero attached hydrogens (tertiary/aromatic N) is 1. The van der Waals surface area contributed by atoms with Gasteiger partial charge >= 0.3 is 0 Å². The Morgan fingerprint density at radius 2 is 1.94 bits per heavy atom. The van der Waals surface area contributed by atoms with Gasteiger partial charge in [0.25, 0.3) is 0 Å². The van der Waals surface area contributed by atoms with Crippen LogP contribution in [0.5, 0.6) is 0 Å². The summed E-state index contributed by atoms with van der Waals surface area (Å²) in [6.45, 7) is 3.05. The van der Waals surface area contributed by atoms with E-state index in [1.165, 1.54) is 0 Å². The van der Waals surface area contributed by atoms with Crippen LogP contribution in [0.25, 0.3) is 0 Å². The number of hydrogen-bond acceptors (Lipinski definition) is 4. The number of primary sulfonamides is 1. The zero-order valence-electron chi connectivity index (χ0n) is 10.0. The zero-order chi connectivity index (χ0) is 12.0. The van der Waals surface area contributed by atoms with Crippen LogP contribution < -0.4 is 10.5 Å². The van der Waals surface area contributed by atoms with Gasteiger partial charge in [0.15, 0.2) is 0 Å². The molecule has 4 fully saturated rings. The number of fused-ring (bicyclic) bond motifs is 4. The van der Waals surface area contributed by atoms with Crippen molar-refractivity contribution in [3.05, 3.63) is 0 Å². The molecule has 0 aromatic rings. The number of piperidine rings is 1. The summed E-state index contributed by atoms with van der Waals surface area (Å²) in [5.74, 6) is 0.254. The summed E-state index contributed by atoms with van der Waals surface area (Å²) < 4.78 is 23.3. The molecular formula is C11H21N3O2S. The first-order valence-electron chi connectivity index (χ1n) is 6.54. The number of nitrogens with two attached hydrogens (primary N) is 1. The van der Waals surface area contributed by atoms with Crippen molar-refractivity contribution in [2.45, 2.75) is 43.0 Å². The topological polar surface area (TPSA) is 75.4 Å². The lowest BCUT2D eigenvalue weighted by Gasteiger charge is -2.48. The van der Waals surface area contributed by atoms with Crippen molar-refractivity contribution in [3.63, 3.8) is 0 Å². The van der Waals surface area contributed by atoms with Crippen molar-refractivity contribution in [3.8, 4) is 0 Å². The van der Waals surface area contributed by atoms with E-state index in [2.05, 4.69) is 10.2 Å². The molecule has 0 aromatic carbocycles. The average molecular weight is 259 g/mol. The second kappa shape index (κ2) is 4.19. The Morgan fingerprint density at radius 1 is 1.18 bits per heavy atom. The van der Waals surface area contributed by atoms with Gasteiger partial charge in [0.2, 0.25) is 10.0 Å². The van der Waals surface area contributed by atoms with Crippen LogP contribution in [0.15, 0.2) is 0 Å². The average Bonchev–Trinajstić information content (AvgIpc) is 2.46. The van der Waals surface area contributed by atoms with Gasteiger partial charge in [0, 0.05) is 31.7 Å². The van der Waals surface area contributed by atoms with Crippen molar-refractivity contribution < 1.29 is 8.42 Å². The van der Waals surface area contributed by atoms with Gasteiger partial charge in [-0.3, -0.25) is 4.90 Å². The van der Waals surface area contributed by atoms with Crippen molar-refractivity contribution in [1.29, 1.82) is 0 Å². The highest BCUT2D eigenvalue weighted by Gasteiger charge is 2.45. The minimum Gasteiger partial charge on any atom is -0.314 e. The fraction of sp³-hybridized carbons (Fsp3) is 1.00. The minimum absolute atomic E-state index is 0.254. The molecule has 98 valence electrons. The Bertz CT molecular complexity index is 394. The molecule has 3 unspecified atom stereocenters. The third-order valence-electron chi connectivity index (χ3n) is 4.71. The summed E-state index contributed by atoms with van der Waals surface area (Å²) in [6, 6.07) is 1.06. The van der Waals surface area contributed by atoms with Crippen LogP contribution in [0.2, 0.25) is 0 Å². The molecule has 3 atom stereocenters. The Labute approximate surface area is 103 Å². The summed E-state index contributed by atoms with van der Waals surface area (Å²) in [5, 5.41) is 8.38. The fourth-order valence-corrected chi connectivity index (χ4v) is 4.92. The standard InChI is InChI=1S/C11H21N3O2S/c12-17(15,16)11-4-9-3-1-2-8(11)7-14(9)10-5-13-6-10/h8-11,13H,1-7H2,(H2,12,15,16). The molecule has 0 amide bonds. The Balaban J connectivity index is 1.81. The molecule has 0 spiro atoms. The van der Waals surface area contributed by atoms with Crippen LogP contribution in [0.1, 0.15) is 25.7 Å². The van der Waals surface area contributed by atoms with Gasteiger partial charge in [0.05, 0.1) is 5.25 Å². The van der Waals surface area contributed by atoms with Crippen LogP contribution >= 0.6 is 0 Å². The van der Waals surface area contributed by atoms with Crippen LogP contribution in [0.3, 0.4) is 0 Å². The maximum atomic E-state index is 11.6. The highest BCUT2D eigenvalue weighted by molar-refractivity contribution is 7.89. The van der Waals surface area contributed by atoms with E-state index in [9.17, 15) is 8.42 Å². The molecule has 17 heavy (non-hydrogen) atoms. The third-order valence-corrected chi connectivity index (χ3v) is 6.13. The van der Waals surface area contributed by atoms with Gasteiger partial charge in [-0.05, 0) is 25.2 Å². The zero-order valence-corrected chi connectivity index (χ0v) is 10.8. The summed E-state index contributed by atoms with van der Waals surface area (Å²) in [7, 11) is -3.36. The number of hydrogen-bond donors (Lipinski definition) is 2. The van der Waals surface area contributed by atoms with Crippen LogP contribution in [0, 0.1) is 5.92 Å². The van der Waals surface area contributed by atoms with Crippen molar-refractivity contribution in [2.75, 3.05) is 19.6 Å². The Morgan fingerprint density at radius 3 is 2.53 bits per heavy atom. The molecule has 5 nitrogen and oxygen atoms in total. The lowest BCUT2D eigenvalue weighted by atomic mass is 9.91. The molecular weight excluding hydrogens is 238 g/mol. The minimum atomic E-state index is -3.36. The number of nitrogens with one attached hydrogen (secondary N) is 1. The quantitative estimate of drug-likeness (QED) is 0.700. The molecule has 1 aliphatic carbocycles. The van der Waals surface area contributed by atoms with E-state index in [1.54, 1.807) is 0 Å². The molecule has 0 radical (unpaired) electrons. The molecule has 1 saturated carbocycles. The van der Waals surface area contributed by atoms with Gasteiger partial charge in [-0.2, -0.15) is 0 Å². The van der Waals surface area contributed by atoms with Crippen LogP contribution in [-0.2, 0) is 10.0 Å². The molecule has 3 heterocycles. The first kappa shape index (κ1) is 11.9. The smallest absolute Gasteiger partial charge is 0.212 e. The van der Waals surface area contributed by atoms with E-state index in [0.29, 0.717) is 12.1 Å². The Kier molecular flexibility index (Phi) is 2.93. The molecule has 3 aliphatic heterocycles. The predicted octanol–water partition coefficient (Wildman–Crippen LogP) is -0.510. The van der Waals surface area contributed by atoms with E-state index in [-0.39, 0.29) is 11.2 Å². The fourth-order valence-electron chi connectivity index (χ4n) is 3.67. The van der Waals surface area contributed by atoms with E-state index in [0.717, 1.165) is 45.3 Å². The second-order valence-electron chi connectivity index (χ2n) is 5.72. The first-order chi connectivity index (χ1) is 8.05. The molecule has 0 aromatic heterocycles. The predicted molar refractivity (Wildman–Crippen MR) is 66.0 cm³/mol. The van der Waals surface area contributed by atoms with Gasteiger partial charge in [-0.15, -0.1) is 0 Å².